The number of hydrogen-bond acceptors (Lipinski definition) is 6. The van der Waals surface area contributed by atoms with Crippen molar-refractivity contribution in [1.82, 2.24) is 0 Å². The second-order valence-electron chi connectivity index (χ2n) is 15.7. The molecule has 0 amide bonds. The van der Waals surface area contributed by atoms with Gasteiger partial charge >= 0.3 is 0 Å². The molecule has 0 aliphatic carbocycles. The van der Waals surface area contributed by atoms with Crippen molar-refractivity contribution >= 4 is 0 Å². The predicted octanol–water partition coefficient (Wildman–Crippen LogP) is 15.7. The van der Waals surface area contributed by atoms with Gasteiger partial charge in [-0.3, -0.25) is 30.3 Å². The Morgan fingerprint density at radius 3 is 0.679 bits per heavy atom. The lowest BCUT2D eigenvalue weighted by Crippen LogP contribution is -2.19. The topological polar surface area (TPSA) is 129 Å². The van der Waals surface area contributed by atoms with E-state index in [-0.39, 0.29) is 32.9 Å². The van der Waals surface area contributed by atoms with Gasteiger partial charge < -0.3 is 0 Å². The molecule has 0 radical (unpaired) electrons. The Balaban J connectivity index is -0.000000715. The van der Waals surface area contributed by atoms with E-state index in [4.69, 9.17) is 0 Å². The molecule has 53 heavy (non-hydrogen) atoms. The Morgan fingerprint density at radius 2 is 0.453 bits per heavy atom. The van der Waals surface area contributed by atoms with Crippen molar-refractivity contribution in [3.8, 4) is 0 Å². The van der Waals surface area contributed by atoms with Crippen LogP contribution in [-0.2, 0) is 0 Å². The zero-order chi connectivity index (χ0) is 40.2. The van der Waals surface area contributed by atoms with Gasteiger partial charge in [-0.15, -0.1) is 0 Å². The molecule has 0 rings (SSSR count). The summed E-state index contributed by atoms with van der Waals surface area (Å²) in [6, 6.07) is -0.863. The summed E-state index contributed by atoms with van der Waals surface area (Å²) in [4.78, 5) is 32.3. The molecule has 0 saturated carbocycles. The minimum atomic E-state index is -0.292. The molecule has 0 saturated heterocycles. The molecule has 0 aromatic heterocycles. The van der Waals surface area contributed by atoms with Crippen molar-refractivity contribution in [3.63, 3.8) is 0 Å². The van der Waals surface area contributed by atoms with Crippen LogP contribution in [0.1, 0.15) is 266 Å². The molecule has 0 bridgehead atoms. The molecular weight excluding hydrogens is 666 g/mol. The van der Waals surface area contributed by atoms with Crippen molar-refractivity contribution in [2.75, 3.05) is 0 Å². The molecule has 0 aliphatic rings. The lowest BCUT2D eigenvalue weighted by atomic mass is 10.0. The summed E-state index contributed by atoms with van der Waals surface area (Å²) in [5.41, 5.74) is 0. The zero-order valence-electron chi connectivity index (χ0n) is 36.3. The molecule has 0 aromatic carbocycles. The average molecular weight is 758 g/mol. The van der Waals surface area contributed by atoms with E-state index in [9.17, 15) is 30.3 Å². The van der Waals surface area contributed by atoms with Gasteiger partial charge in [-0.2, -0.15) is 0 Å². The molecule has 9 nitrogen and oxygen atoms in total. The fourth-order valence-electron chi connectivity index (χ4n) is 6.83. The summed E-state index contributed by atoms with van der Waals surface area (Å²) in [6.07, 6.45) is 39.7. The van der Waals surface area contributed by atoms with Gasteiger partial charge in [0.25, 0.3) is 0 Å². The van der Waals surface area contributed by atoms with Crippen LogP contribution in [0.5, 0.6) is 0 Å². The van der Waals surface area contributed by atoms with Crippen LogP contribution in [-0.4, -0.2) is 32.9 Å². The number of rotatable bonds is 38. The highest BCUT2D eigenvalue weighted by Crippen LogP contribution is 2.17. The van der Waals surface area contributed by atoms with E-state index in [1.54, 1.807) is 0 Å². The fraction of sp³-hybridized carbons (Fsp3) is 1.00. The summed E-state index contributed by atoms with van der Waals surface area (Å²) in [5.74, 6) is 0. The number of nitro groups is 3. The molecule has 318 valence electrons. The summed E-state index contributed by atoms with van der Waals surface area (Å²) >= 11 is 0. The molecule has 0 aliphatic heterocycles. The van der Waals surface area contributed by atoms with Crippen LogP contribution in [0.3, 0.4) is 0 Å². The van der Waals surface area contributed by atoms with Crippen LogP contribution in [0.2, 0.25) is 0 Å². The van der Waals surface area contributed by atoms with E-state index < -0.39 is 0 Å². The summed E-state index contributed by atoms with van der Waals surface area (Å²) in [7, 11) is 0. The average Bonchev–Trinajstić information content (AvgIpc) is 3.13. The minimum absolute atomic E-state index is 0.0484. The van der Waals surface area contributed by atoms with E-state index in [1.165, 1.54) is 128 Å². The van der Waals surface area contributed by atoms with Gasteiger partial charge in [0.2, 0.25) is 18.1 Å². The van der Waals surface area contributed by atoms with E-state index >= 15 is 0 Å². The number of unbranched alkanes of at least 4 members (excludes halogenated alkanes) is 23. The van der Waals surface area contributed by atoms with Crippen LogP contribution in [0, 0.1) is 30.3 Å². The van der Waals surface area contributed by atoms with E-state index in [0.717, 1.165) is 96.3 Å². The first-order chi connectivity index (χ1) is 25.7. The maximum Gasteiger partial charge on any atom is 0.213 e. The van der Waals surface area contributed by atoms with Crippen molar-refractivity contribution in [2.45, 2.75) is 284 Å². The summed E-state index contributed by atoms with van der Waals surface area (Å²) < 4.78 is 0. The Bertz CT molecular complexity index is 769. The maximum absolute atomic E-state index is 11.0. The van der Waals surface area contributed by atoms with E-state index in [1.807, 2.05) is 6.92 Å². The second kappa shape index (κ2) is 46.4. The van der Waals surface area contributed by atoms with Crippen molar-refractivity contribution in [1.29, 1.82) is 0 Å². The van der Waals surface area contributed by atoms with Crippen molar-refractivity contribution in [2.24, 2.45) is 0 Å². The van der Waals surface area contributed by atoms with Crippen LogP contribution >= 0.6 is 0 Å². The first-order valence-electron chi connectivity index (χ1n) is 23.1. The third kappa shape index (κ3) is 44.5. The second-order valence-corrected chi connectivity index (χ2v) is 15.7. The molecule has 3 atom stereocenters. The summed E-state index contributed by atoms with van der Waals surface area (Å²) in [6.45, 7) is 12.9. The first kappa shape index (κ1) is 55.5. The molecule has 0 heterocycles. The molecule has 0 N–H and O–H groups in total. The van der Waals surface area contributed by atoms with Gasteiger partial charge in [0.1, 0.15) is 0 Å². The Kier molecular flexibility index (Phi) is 48.6. The van der Waals surface area contributed by atoms with Gasteiger partial charge in [0.15, 0.2) is 0 Å². The first-order valence-corrected chi connectivity index (χ1v) is 23.1. The molecular formula is C44H91N3O6. The normalized spacial score (nSPS) is 12.6. The predicted molar refractivity (Wildman–Crippen MR) is 228 cm³/mol. The lowest BCUT2D eigenvalue weighted by Gasteiger charge is -2.09. The Morgan fingerprint density at radius 1 is 0.264 bits per heavy atom. The number of nitrogens with zero attached hydrogens (tertiary/aromatic N) is 3. The van der Waals surface area contributed by atoms with Crippen molar-refractivity contribution < 1.29 is 14.8 Å². The van der Waals surface area contributed by atoms with Crippen molar-refractivity contribution in [3.05, 3.63) is 30.3 Å². The van der Waals surface area contributed by atoms with E-state index in [0.29, 0.717) is 0 Å². The van der Waals surface area contributed by atoms with Crippen LogP contribution < -0.4 is 0 Å². The lowest BCUT2D eigenvalue weighted by molar-refractivity contribution is -0.524. The third-order valence-electron chi connectivity index (χ3n) is 10.5. The van der Waals surface area contributed by atoms with Gasteiger partial charge in [-0.25, -0.2) is 0 Å². The SMILES string of the molecule is CCCCCCCC(CCCC)[N+](=O)[O-].CCCCCCCCCCC(CCCCCC)[N+](=O)[O-].CCCCCCCCCCCC(CCC)[N+](=O)[O-]. The quantitative estimate of drug-likeness (QED) is 0.0350. The summed E-state index contributed by atoms with van der Waals surface area (Å²) in [5, 5.41) is 32.5. The fourth-order valence-corrected chi connectivity index (χ4v) is 6.83. The highest BCUT2D eigenvalue weighted by molar-refractivity contribution is 4.60. The third-order valence-corrected chi connectivity index (χ3v) is 10.5. The monoisotopic (exact) mass is 758 g/mol. The Hall–Kier alpha value is -1.80. The van der Waals surface area contributed by atoms with Gasteiger partial charge in [0.05, 0.1) is 0 Å². The highest BCUT2D eigenvalue weighted by Gasteiger charge is 2.19. The highest BCUT2D eigenvalue weighted by atomic mass is 16.6. The zero-order valence-corrected chi connectivity index (χ0v) is 36.3. The molecule has 3 unspecified atom stereocenters. The maximum atomic E-state index is 11.0. The molecule has 9 heteroatoms. The Labute approximate surface area is 328 Å². The van der Waals surface area contributed by atoms with Crippen LogP contribution in [0.15, 0.2) is 0 Å². The minimum Gasteiger partial charge on any atom is -0.264 e. The standard InChI is InChI=1S/C17H35NO2.C15H31NO2.C12H25NO2/c1-3-5-7-9-10-11-12-14-16-17(18(19)20)15-13-8-6-4-2;1-3-5-6-7-8-9-10-11-12-14-15(13-4-2)16(17)18;1-3-5-7-8-9-11-12(13(14)15)10-6-4-2/h17H,3-16H2,1-2H3;15H,3-14H2,1-2H3;12H,3-11H2,1-2H3. The smallest absolute Gasteiger partial charge is 0.213 e. The largest absolute Gasteiger partial charge is 0.264 e. The molecule has 0 aromatic rings. The van der Waals surface area contributed by atoms with E-state index in [2.05, 4.69) is 34.6 Å². The number of hydrogen-bond donors (Lipinski definition) is 0. The van der Waals surface area contributed by atoms with Gasteiger partial charge in [-0.1, -0.05) is 189 Å². The van der Waals surface area contributed by atoms with Crippen LogP contribution in [0.4, 0.5) is 0 Å². The van der Waals surface area contributed by atoms with Gasteiger partial charge in [0, 0.05) is 53.3 Å². The molecule has 0 spiro atoms. The van der Waals surface area contributed by atoms with Gasteiger partial charge in [-0.05, 0) is 38.5 Å². The molecule has 0 fully saturated rings. The van der Waals surface area contributed by atoms with Crippen LogP contribution in [0.25, 0.3) is 0 Å².